The molecule has 11 nitrogen and oxygen atoms in total. The summed E-state index contributed by atoms with van der Waals surface area (Å²) in [7, 11) is 0. The molecule has 0 bridgehead atoms. The number of ether oxygens (including phenoxy) is 1. The van der Waals surface area contributed by atoms with Crippen molar-refractivity contribution in [2.24, 2.45) is 5.73 Å². The molecule has 1 heterocycles. The highest BCUT2D eigenvalue weighted by Gasteiger charge is 2.29. The number of rotatable bonds is 5. The van der Waals surface area contributed by atoms with Gasteiger partial charge < -0.3 is 40.7 Å². The molecule has 2 rings (SSSR count). The average Bonchev–Trinajstić information content (AvgIpc) is 2.83. The van der Waals surface area contributed by atoms with Crippen molar-refractivity contribution < 1.29 is 43.9 Å². The van der Waals surface area contributed by atoms with E-state index in [2.05, 4.69) is 0 Å². The van der Waals surface area contributed by atoms with Crippen LogP contribution in [0.1, 0.15) is 36.0 Å². The van der Waals surface area contributed by atoms with Gasteiger partial charge in [0.05, 0.1) is 6.61 Å². The molecule has 1 aromatic rings. The summed E-state index contributed by atoms with van der Waals surface area (Å²) in [6.45, 7) is 0.0433. The second-order valence-electron chi connectivity index (χ2n) is 8.53. The molecule has 1 aromatic carbocycles. The number of aliphatic hydroxyl groups excluding tert-OH is 3. The van der Waals surface area contributed by atoms with Crippen molar-refractivity contribution in [2.75, 3.05) is 39.4 Å². The maximum atomic E-state index is 13.3. The average molecular weight is 500 g/mol. The smallest absolute Gasteiger partial charge is 0.320 e. The van der Waals surface area contributed by atoms with Crippen LogP contribution in [0.4, 0.5) is 4.39 Å². The van der Waals surface area contributed by atoms with E-state index in [0.717, 1.165) is 12.1 Å². The zero-order valence-electron chi connectivity index (χ0n) is 19.5. The van der Waals surface area contributed by atoms with Crippen LogP contribution in [0.15, 0.2) is 24.3 Å². The predicted molar refractivity (Wildman–Crippen MR) is 122 cm³/mol. The van der Waals surface area contributed by atoms with Gasteiger partial charge in [-0.2, -0.15) is 0 Å². The van der Waals surface area contributed by atoms with E-state index in [-0.39, 0.29) is 57.2 Å². The van der Waals surface area contributed by atoms with Gasteiger partial charge in [0, 0.05) is 44.8 Å². The Balaban J connectivity index is 2.21. The van der Waals surface area contributed by atoms with Crippen LogP contribution >= 0.6 is 0 Å². The first kappa shape index (κ1) is 28.6. The van der Waals surface area contributed by atoms with Crippen LogP contribution in [0.5, 0.6) is 0 Å². The molecule has 35 heavy (non-hydrogen) atoms. The Morgan fingerprint density at radius 2 is 1.69 bits per heavy atom. The van der Waals surface area contributed by atoms with Gasteiger partial charge in [-0.05, 0) is 43.5 Å². The number of hydrogen-bond acceptors (Lipinski definition) is 8. The van der Waals surface area contributed by atoms with Gasteiger partial charge in [0.25, 0.3) is 5.91 Å². The fourth-order valence-corrected chi connectivity index (χ4v) is 3.61. The Morgan fingerprint density at radius 3 is 2.34 bits per heavy atom. The summed E-state index contributed by atoms with van der Waals surface area (Å²) < 4.78 is 18.7. The van der Waals surface area contributed by atoms with E-state index in [1.54, 1.807) is 0 Å². The van der Waals surface area contributed by atoms with Gasteiger partial charge in [0.15, 0.2) is 0 Å². The minimum atomic E-state index is -1.59. The SMILES string of the molecule is N[C@@H](CCC(=O)N1CCCCOC[C@@H](O)[C@H](O)[C@@H](O)CN(C(=O)c2ccc(F)cc2)CC1)C(=O)O. The molecule has 196 valence electrons. The summed E-state index contributed by atoms with van der Waals surface area (Å²) >= 11 is 0. The summed E-state index contributed by atoms with van der Waals surface area (Å²) in [5.74, 6) is -2.63. The second-order valence-corrected chi connectivity index (χ2v) is 8.53. The molecule has 1 aliphatic rings. The van der Waals surface area contributed by atoms with E-state index in [0.29, 0.717) is 19.4 Å². The standard InChI is InChI=1S/C23H34FN3O8/c24-16-5-3-15(4-6-16)22(32)27-11-10-26(20(30)8-7-17(25)23(33)34)9-1-2-12-35-14-19(29)21(31)18(28)13-27/h3-6,17-19,21,28-29,31H,1-2,7-14,25H2,(H,33,34)/t17-,18-,19+,21+/m0/s1. The zero-order valence-corrected chi connectivity index (χ0v) is 19.5. The topological polar surface area (TPSA) is 174 Å². The van der Waals surface area contributed by atoms with Gasteiger partial charge in [-0.3, -0.25) is 14.4 Å². The third-order valence-corrected chi connectivity index (χ3v) is 5.81. The molecule has 1 fully saturated rings. The fraction of sp³-hybridized carbons (Fsp3) is 0.609. The lowest BCUT2D eigenvalue weighted by molar-refractivity contribution is -0.139. The molecular formula is C23H34FN3O8. The lowest BCUT2D eigenvalue weighted by Crippen LogP contribution is -2.50. The van der Waals surface area contributed by atoms with E-state index in [1.165, 1.54) is 21.9 Å². The minimum absolute atomic E-state index is 0.0245. The van der Waals surface area contributed by atoms with Gasteiger partial charge in [-0.15, -0.1) is 0 Å². The van der Waals surface area contributed by atoms with Gasteiger partial charge in [0.1, 0.15) is 30.2 Å². The van der Waals surface area contributed by atoms with Crippen molar-refractivity contribution in [1.29, 1.82) is 0 Å². The van der Waals surface area contributed by atoms with E-state index in [1.807, 2.05) is 0 Å². The van der Waals surface area contributed by atoms with Crippen molar-refractivity contribution in [1.82, 2.24) is 9.80 Å². The molecule has 1 saturated heterocycles. The lowest BCUT2D eigenvalue weighted by Gasteiger charge is -2.32. The molecule has 0 spiro atoms. The number of halogens is 1. The number of aliphatic hydroxyl groups is 3. The Bertz CT molecular complexity index is 841. The van der Waals surface area contributed by atoms with Gasteiger partial charge in [0.2, 0.25) is 5.91 Å². The molecule has 12 heteroatoms. The zero-order chi connectivity index (χ0) is 26.0. The summed E-state index contributed by atoms with van der Waals surface area (Å²) in [4.78, 5) is 39.5. The normalized spacial score (nSPS) is 23.9. The third-order valence-electron chi connectivity index (χ3n) is 5.81. The number of nitrogens with two attached hydrogens (primary N) is 1. The van der Waals surface area contributed by atoms with Crippen LogP contribution in [0.2, 0.25) is 0 Å². The highest BCUT2D eigenvalue weighted by molar-refractivity contribution is 5.94. The maximum absolute atomic E-state index is 13.3. The van der Waals surface area contributed by atoms with Crippen molar-refractivity contribution in [2.45, 2.75) is 50.0 Å². The number of hydrogen-bond donors (Lipinski definition) is 5. The van der Waals surface area contributed by atoms with Gasteiger partial charge in [-0.25, -0.2) is 4.39 Å². The quantitative estimate of drug-likeness (QED) is 0.347. The molecule has 0 unspecified atom stereocenters. The first-order valence-corrected chi connectivity index (χ1v) is 11.5. The number of nitrogens with zero attached hydrogens (tertiary/aromatic N) is 2. The first-order chi connectivity index (χ1) is 16.6. The summed E-state index contributed by atoms with van der Waals surface area (Å²) in [6.07, 6.45) is -3.52. The van der Waals surface area contributed by atoms with Crippen molar-refractivity contribution in [3.63, 3.8) is 0 Å². The maximum Gasteiger partial charge on any atom is 0.320 e. The van der Waals surface area contributed by atoms with Crippen LogP contribution in [0, 0.1) is 5.82 Å². The van der Waals surface area contributed by atoms with Crippen molar-refractivity contribution in [3.05, 3.63) is 35.6 Å². The molecule has 6 N–H and O–H groups in total. The fourth-order valence-electron chi connectivity index (χ4n) is 3.61. The van der Waals surface area contributed by atoms with E-state index < -0.39 is 42.0 Å². The molecule has 0 radical (unpaired) electrons. The van der Waals surface area contributed by atoms with Crippen molar-refractivity contribution >= 4 is 17.8 Å². The largest absolute Gasteiger partial charge is 0.480 e. The molecule has 1 aliphatic heterocycles. The summed E-state index contributed by atoms with van der Waals surface area (Å²) in [6, 6.07) is 3.62. The molecule has 0 saturated carbocycles. The van der Waals surface area contributed by atoms with Crippen LogP contribution in [-0.4, -0.2) is 112 Å². The predicted octanol–water partition coefficient (Wildman–Crippen LogP) is -0.818. The molecule has 2 amide bonds. The highest BCUT2D eigenvalue weighted by Crippen LogP contribution is 2.12. The monoisotopic (exact) mass is 499 g/mol. The molecular weight excluding hydrogens is 465 g/mol. The molecule has 4 atom stereocenters. The Hall–Kier alpha value is -2.64. The number of amides is 2. The number of β-amino-alcohol motifs (C(OH)–C–C–N with tert-alkyl or cyclic N) is 1. The number of benzene rings is 1. The van der Waals surface area contributed by atoms with Gasteiger partial charge in [-0.1, -0.05) is 0 Å². The van der Waals surface area contributed by atoms with E-state index >= 15 is 0 Å². The minimum Gasteiger partial charge on any atom is -0.480 e. The lowest BCUT2D eigenvalue weighted by atomic mass is 10.1. The van der Waals surface area contributed by atoms with Crippen LogP contribution in [0.25, 0.3) is 0 Å². The van der Waals surface area contributed by atoms with Crippen LogP contribution in [-0.2, 0) is 14.3 Å². The third kappa shape index (κ3) is 9.15. The first-order valence-electron chi connectivity index (χ1n) is 11.5. The number of aliphatic carboxylic acids is 1. The Labute approximate surface area is 202 Å². The summed E-state index contributed by atoms with van der Waals surface area (Å²) in [5.41, 5.74) is 5.65. The van der Waals surface area contributed by atoms with Crippen LogP contribution in [0.3, 0.4) is 0 Å². The highest BCUT2D eigenvalue weighted by atomic mass is 19.1. The van der Waals surface area contributed by atoms with E-state index in [4.69, 9.17) is 15.6 Å². The Morgan fingerprint density at radius 1 is 1.03 bits per heavy atom. The van der Waals surface area contributed by atoms with E-state index in [9.17, 15) is 34.1 Å². The second kappa shape index (κ2) is 14.0. The number of carbonyl (C=O) groups excluding carboxylic acids is 2. The molecule has 0 aliphatic carbocycles. The van der Waals surface area contributed by atoms with Gasteiger partial charge >= 0.3 is 5.97 Å². The molecule has 0 aromatic heterocycles. The number of carboxylic acid groups (broad SMARTS) is 1. The van der Waals surface area contributed by atoms with Crippen LogP contribution < -0.4 is 5.73 Å². The number of carbonyl (C=O) groups is 3. The van der Waals surface area contributed by atoms with Crippen molar-refractivity contribution in [3.8, 4) is 0 Å². The number of carboxylic acids is 1. The summed E-state index contributed by atoms with van der Waals surface area (Å²) in [5, 5.41) is 39.8. The Kier molecular flexibility index (Phi) is 11.5.